The fraction of sp³-hybridized carbons (Fsp3) is 0.867. The van der Waals surface area contributed by atoms with Crippen molar-refractivity contribution in [1.82, 2.24) is 0 Å². The van der Waals surface area contributed by atoms with Crippen LogP contribution >= 0.6 is 0 Å². The van der Waals surface area contributed by atoms with Crippen LogP contribution in [0.4, 0.5) is 0 Å². The Morgan fingerprint density at radius 3 is 2.59 bits per heavy atom. The minimum atomic E-state index is -0.260. The van der Waals surface area contributed by atoms with Gasteiger partial charge in [-0.3, -0.25) is 0 Å². The summed E-state index contributed by atoms with van der Waals surface area (Å²) in [5.74, 6) is 0.889. The Labute approximate surface area is 105 Å². The molecule has 0 spiro atoms. The Hall–Kier alpha value is -0.340. The molecular formula is C15H26O2. The van der Waals surface area contributed by atoms with Gasteiger partial charge in [0.15, 0.2) is 0 Å². The molecule has 0 amide bonds. The molecule has 0 radical (unpaired) electrons. The SMILES string of the molecule is C=C1CC[C@@H](O)[C@]2(C)CC[C@H](C(O)C(C)C)[C@@H]12. The molecule has 2 rings (SSSR count). The Bertz CT molecular complexity index is 310. The first-order chi connectivity index (χ1) is 7.88. The van der Waals surface area contributed by atoms with Gasteiger partial charge in [0.1, 0.15) is 0 Å². The number of hydrogen-bond acceptors (Lipinski definition) is 2. The second-order valence-electron chi connectivity index (χ2n) is 6.63. The van der Waals surface area contributed by atoms with E-state index in [-0.39, 0.29) is 23.5 Å². The van der Waals surface area contributed by atoms with Crippen LogP contribution in [0.3, 0.4) is 0 Å². The van der Waals surface area contributed by atoms with Crippen molar-refractivity contribution in [2.24, 2.45) is 23.2 Å². The molecule has 0 bridgehead atoms. The number of hydrogen-bond donors (Lipinski definition) is 2. The van der Waals surface area contributed by atoms with Crippen molar-refractivity contribution in [1.29, 1.82) is 0 Å². The van der Waals surface area contributed by atoms with Gasteiger partial charge in [-0.05, 0) is 43.4 Å². The lowest BCUT2D eigenvalue weighted by atomic mass is 9.62. The molecule has 2 aliphatic carbocycles. The molecule has 2 aliphatic rings. The lowest BCUT2D eigenvalue weighted by molar-refractivity contribution is -0.0320. The van der Waals surface area contributed by atoms with Crippen LogP contribution in [-0.4, -0.2) is 22.4 Å². The Morgan fingerprint density at radius 1 is 1.35 bits per heavy atom. The van der Waals surface area contributed by atoms with E-state index >= 15 is 0 Å². The largest absolute Gasteiger partial charge is 0.393 e. The van der Waals surface area contributed by atoms with Crippen molar-refractivity contribution >= 4 is 0 Å². The average Bonchev–Trinajstić information content (AvgIpc) is 2.63. The maximum atomic E-state index is 10.4. The van der Waals surface area contributed by atoms with Crippen LogP contribution in [-0.2, 0) is 0 Å². The van der Waals surface area contributed by atoms with E-state index in [1.165, 1.54) is 5.57 Å². The molecule has 98 valence electrons. The first kappa shape index (κ1) is 13.1. The molecule has 0 heterocycles. The highest BCUT2D eigenvalue weighted by atomic mass is 16.3. The highest BCUT2D eigenvalue weighted by molar-refractivity contribution is 5.18. The quantitative estimate of drug-likeness (QED) is 0.726. The van der Waals surface area contributed by atoms with Crippen LogP contribution in [0.25, 0.3) is 0 Å². The van der Waals surface area contributed by atoms with E-state index in [2.05, 4.69) is 27.4 Å². The number of fused-ring (bicyclic) bond motifs is 1. The van der Waals surface area contributed by atoms with E-state index in [1.807, 2.05) is 0 Å². The van der Waals surface area contributed by atoms with Gasteiger partial charge in [-0.15, -0.1) is 0 Å². The fourth-order valence-corrected chi connectivity index (χ4v) is 4.10. The molecule has 0 aromatic heterocycles. The summed E-state index contributed by atoms with van der Waals surface area (Å²) in [5.41, 5.74) is 1.20. The molecule has 2 saturated carbocycles. The zero-order valence-electron chi connectivity index (χ0n) is 11.3. The minimum absolute atomic E-state index is 0.0458. The van der Waals surface area contributed by atoms with Crippen LogP contribution in [0.2, 0.25) is 0 Å². The second-order valence-corrected chi connectivity index (χ2v) is 6.63. The number of aliphatic hydroxyl groups is 2. The summed E-state index contributed by atoms with van der Waals surface area (Å²) in [6, 6.07) is 0. The Balaban J connectivity index is 2.26. The van der Waals surface area contributed by atoms with Gasteiger partial charge in [0.2, 0.25) is 0 Å². The third kappa shape index (κ3) is 1.96. The molecule has 2 fully saturated rings. The van der Waals surface area contributed by atoms with Gasteiger partial charge in [0.25, 0.3) is 0 Å². The number of rotatable bonds is 2. The number of aliphatic hydroxyl groups excluding tert-OH is 2. The molecule has 0 aromatic rings. The van der Waals surface area contributed by atoms with Crippen LogP contribution < -0.4 is 0 Å². The van der Waals surface area contributed by atoms with Gasteiger partial charge in [0.05, 0.1) is 12.2 Å². The van der Waals surface area contributed by atoms with Crippen LogP contribution in [0.15, 0.2) is 12.2 Å². The maximum absolute atomic E-state index is 10.4. The molecule has 2 heteroatoms. The van der Waals surface area contributed by atoms with Gasteiger partial charge in [-0.25, -0.2) is 0 Å². The van der Waals surface area contributed by atoms with E-state index in [0.29, 0.717) is 11.8 Å². The summed E-state index contributed by atoms with van der Waals surface area (Å²) in [6.45, 7) is 10.5. The third-order valence-corrected chi connectivity index (χ3v) is 5.22. The van der Waals surface area contributed by atoms with E-state index in [9.17, 15) is 10.2 Å². The topological polar surface area (TPSA) is 40.5 Å². The molecule has 1 unspecified atom stereocenters. The lowest BCUT2D eigenvalue weighted by Crippen LogP contribution is -2.44. The zero-order valence-corrected chi connectivity index (χ0v) is 11.3. The Kier molecular flexibility index (Phi) is 3.39. The predicted molar refractivity (Wildman–Crippen MR) is 69.5 cm³/mol. The molecule has 0 aliphatic heterocycles. The van der Waals surface area contributed by atoms with E-state index in [4.69, 9.17) is 0 Å². The summed E-state index contributed by atoms with van der Waals surface area (Å²) >= 11 is 0. The first-order valence-corrected chi connectivity index (χ1v) is 6.91. The van der Waals surface area contributed by atoms with Crippen molar-refractivity contribution in [3.05, 3.63) is 12.2 Å². The van der Waals surface area contributed by atoms with Crippen LogP contribution in [0.1, 0.15) is 46.5 Å². The van der Waals surface area contributed by atoms with Gasteiger partial charge < -0.3 is 10.2 Å². The van der Waals surface area contributed by atoms with E-state index in [1.54, 1.807) is 0 Å². The molecule has 0 aromatic carbocycles. The molecule has 5 atom stereocenters. The van der Waals surface area contributed by atoms with Crippen molar-refractivity contribution in [3.63, 3.8) is 0 Å². The molecule has 2 nitrogen and oxygen atoms in total. The van der Waals surface area contributed by atoms with Crippen LogP contribution in [0, 0.1) is 23.2 Å². The summed E-state index contributed by atoms with van der Waals surface area (Å²) in [7, 11) is 0. The monoisotopic (exact) mass is 238 g/mol. The Morgan fingerprint density at radius 2 is 2.00 bits per heavy atom. The smallest absolute Gasteiger partial charge is 0.0602 e. The molecule has 17 heavy (non-hydrogen) atoms. The average molecular weight is 238 g/mol. The van der Waals surface area contributed by atoms with E-state index in [0.717, 1.165) is 25.7 Å². The van der Waals surface area contributed by atoms with E-state index < -0.39 is 0 Å². The van der Waals surface area contributed by atoms with Crippen LogP contribution in [0.5, 0.6) is 0 Å². The highest BCUT2D eigenvalue weighted by Gasteiger charge is 2.54. The van der Waals surface area contributed by atoms with Crippen molar-refractivity contribution in [3.8, 4) is 0 Å². The van der Waals surface area contributed by atoms with Gasteiger partial charge >= 0.3 is 0 Å². The molecule has 0 saturated heterocycles. The zero-order chi connectivity index (χ0) is 12.8. The van der Waals surface area contributed by atoms with Crippen molar-refractivity contribution in [2.45, 2.75) is 58.7 Å². The standard InChI is InChI=1S/C15H26O2/c1-9(2)14(17)11-7-8-15(4)12(16)6-5-10(3)13(11)15/h9,11-14,16-17H,3,5-8H2,1-2,4H3/t11-,12+,13+,14?,15-/m0/s1. The molecular weight excluding hydrogens is 212 g/mol. The minimum Gasteiger partial charge on any atom is -0.393 e. The predicted octanol–water partition coefficient (Wildman–Crippen LogP) is 2.75. The number of allylic oxidation sites excluding steroid dienone is 1. The third-order valence-electron chi connectivity index (χ3n) is 5.22. The summed E-state index contributed by atoms with van der Waals surface area (Å²) in [6.07, 6.45) is 3.33. The lowest BCUT2D eigenvalue weighted by Gasteiger charge is -2.45. The van der Waals surface area contributed by atoms with Gasteiger partial charge in [-0.1, -0.05) is 32.9 Å². The normalized spacial score (nSPS) is 43.9. The summed E-state index contributed by atoms with van der Waals surface area (Å²) in [5, 5.41) is 20.6. The van der Waals surface area contributed by atoms with Crippen molar-refractivity contribution < 1.29 is 10.2 Å². The maximum Gasteiger partial charge on any atom is 0.0602 e. The summed E-state index contributed by atoms with van der Waals surface area (Å²) in [4.78, 5) is 0. The first-order valence-electron chi connectivity index (χ1n) is 6.91. The molecule has 2 N–H and O–H groups in total. The second kappa shape index (κ2) is 4.40. The van der Waals surface area contributed by atoms with Gasteiger partial charge in [0, 0.05) is 5.41 Å². The fourth-order valence-electron chi connectivity index (χ4n) is 4.10. The van der Waals surface area contributed by atoms with Crippen molar-refractivity contribution in [2.75, 3.05) is 0 Å². The summed E-state index contributed by atoms with van der Waals surface area (Å²) < 4.78 is 0. The highest BCUT2D eigenvalue weighted by Crippen LogP contribution is 2.57. The van der Waals surface area contributed by atoms with Gasteiger partial charge in [-0.2, -0.15) is 0 Å².